The van der Waals surface area contributed by atoms with Crippen molar-refractivity contribution in [3.63, 3.8) is 0 Å². The summed E-state index contributed by atoms with van der Waals surface area (Å²) < 4.78 is 22.9. The number of ether oxygens (including phenoxy) is 1. The van der Waals surface area contributed by atoms with Crippen LogP contribution in [0.5, 0.6) is 0 Å². The Morgan fingerprint density at radius 1 is 1.09 bits per heavy atom. The molecule has 12 heteroatoms. The lowest BCUT2D eigenvalue weighted by atomic mass is 9.72. The number of amides is 1. The summed E-state index contributed by atoms with van der Waals surface area (Å²) in [5, 5.41) is 17.5. The fourth-order valence-corrected chi connectivity index (χ4v) is 7.77. The van der Waals surface area contributed by atoms with E-state index in [0.717, 1.165) is 72.7 Å². The van der Waals surface area contributed by atoms with E-state index in [0.29, 0.717) is 50.2 Å². The molecule has 3 aliphatic heterocycles. The van der Waals surface area contributed by atoms with Crippen molar-refractivity contribution in [2.75, 3.05) is 36.0 Å². The summed E-state index contributed by atoms with van der Waals surface area (Å²) in [4.78, 5) is 30.9. The summed E-state index contributed by atoms with van der Waals surface area (Å²) in [6, 6.07) is 8.58. The highest BCUT2D eigenvalue weighted by atomic mass is 19.1. The van der Waals surface area contributed by atoms with Crippen LogP contribution < -0.4 is 15.1 Å². The zero-order chi connectivity index (χ0) is 29.8. The number of fused-ring (bicyclic) bond motifs is 3. The van der Waals surface area contributed by atoms with Gasteiger partial charge in [0.2, 0.25) is 0 Å². The Kier molecular flexibility index (Phi) is 6.62. The highest BCUT2D eigenvalue weighted by molar-refractivity contribution is 5.88. The van der Waals surface area contributed by atoms with Crippen molar-refractivity contribution < 1.29 is 19.0 Å². The molecule has 2 atom stereocenters. The number of benzene rings is 1. The lowest BCUT2D eigenvalue weighted by Crippen LogP contribution is -2.47. The first-order chi connectivity index (χ1) is 21.5. The number of carboxylic acid groups (broad SMARTS) is 1. The number of rotatable bonds is 4. The van der Waals surface area contributed by atoms with Crippen LogP contribution in [0.4, 0.5) is 26.5 Å². The van der Waals surface area contributed by atoms with Crippen LogP contribution in [0.15, 0.2) is 42.7 Å². The second-order valence-electron chi connectivity index (χ2n) is 12.4. The molecule has 0 radical (unpaired) electrons. The standard InChI is InChI=1S/C32H35FN8O3/c33-22-7-3-6-20-21(22)18-32(28(20)37-31(42)43)11-15-39(16-12-32)25-19-35-27-29(36-25)41(26-10-1-2-17-44-26)38-30(27)40-14-5-8-23-24(40)9-4-13-34-23/h3-4,6-7,9,13,19,26,28,37H,1-2,5,8,10-12,14-18H2,(H,42,43)/t26?,28-/m1/s1. The predicted octanol–water partition coefficient (Wildman–Crippen LogP) is 5.30. The maximum Gasteiger partial charge on any atom is 0.405 e. The second-order valence-corrected chi connectivity index (χ2v) is 12.4. The molecule has 4 aliphatic rings. The molecule has 0 bridgehead atoms. The summed E-state index contributed by atoms with van der Waals surface area (Å²) >= 11 is 0. The van der Waals surface area contributed by atoms with Crippen LogP contribution >= 0.6 is 0 Å². The summed E-state index contributed by atoms with van der Waals surface area (Å²) in [7, 11) is 0. The molecule has 1 unspecified atom stereocenters. The van der Waals surface area contributed by atoms with Gasteiger partial charge < -0.3 is 25.0 Å². The summed E-state index contributed by atoms with van der Waals surface area (Å²) in [5.41, 5.74) is 4.53. The van der Waals surface area contributed by atoms with Gasteiger partial charge in [-0.25, -0.2) is 23.8 Å². The molecule has 3 aromatic heterocycles. The van der Waals surface area contributed by atoms with Gasteiger partial charge in [0.25, 0.3) is 0 Å². The van der Waals surface area contributed by atoms with E-state index in [9.17, 15) is 14.3 Å². The van der Waals surface area contributed by atoms with Crippen LogP contribution in [-0.4, -0.2) is 62.2 Å². The quantitative estimate of drug-likeness (QED) is 0.323. The minimum Gasteiger partial charge on any atom is -0.465 e. The Hall–Kier alpha value is -4.32. The number of hydrogen-bond acceptors (Lipinski definition) is 8. The number of carbonyl (C=O) groups is 1. The molecule has 2 saturated heterocycles. The van der Waals surface area contributed by atoms with Gasteiger partial charge in [-0.15, -0.1) is 5.10 Å². The van der Waals surface area contributed by atoms with Gasteiger partial charge in [-0.1, -0.05) is 12.1 Å². The van der Waals surface area contributed by atoms with Crippen molar-refractivity contribution in [3.8, 4) is 0 Å². The van der Waals surface area contributed by atoms with E-state index in [4.69, 9.17) is 19.8 Å². The molecule has 4 aromatic rings. The molecule has 1 aromatic carbocycles. The van der Waals surface area contributed by atoms with Crippen molar-refractivity contribution >= 4 is 34.6 Å². The van der Waals surface area contributed by atoms with Crippen molar-refractivity contribution in [3.05, 3.63) is 65.4 Å². The first-order valence-electron chi connectivity index (χ1n) is 15.6. The third-order valence-electron chi connectivity index (χ3n) is 9.97. The molecule has 8 rings (SSSR count). The van der Waals surface area contributed by atoms with Gasteiger partial charge >= 0.3 is 6.09 Å². The van der Waals surface area contributed by atoms with Crippen molar-refractivity contribution in [2.24, 2.45) is 5.41 Å². The fraction of sp³-hybridized carbons (Fsp3) is 0.469. The van der Waals surface area contributed by atoms with E-state index >= 15 is 0 Å². The number of aromatic nitrogens is 5. The van der Waals surface area contributed by atoms with Crippen molar-refractivity contribution in [2.45, 2.75) is 63.6 Å². The van der Waals surface area contributed by atoms with Gasteiger partial charge in [0.15, 0.2) is 23.2 Å². The number of hydrogen-bond donors (Lipinski definition) is 2. The Balaban J connectivity index is 1.12. The predicted molar refractivity (Wildman–Crippen MR) is 162 cm³/mol. The smallest absolute Gasteiger partial charge is 0.405 e. The largest absolute Gasteiger partial charge is 0.465 e. The molecule has 228 valence electrons. The number of nitrogens with zero attached hydrogens (tertiary/aromatic N) is 7. The molecular weight excluding hydrogens is 563 g/mol. The molecule has 11 nitrogen and oxygen atoms in total. The number of halogens is 1. The maximum atomic E-state index is 14.8. The van der Waals surface area contributed by atoms with Gasteiger partial charge in [-0.3, -0.25) is 4.98 Å². The average molecular weight is 599 g/mol. The van der Waals surface area contributed by atoms with E-state index < -0.39 is 17.6 Å². The van der Waals surface area contributed by atoms with Gasteiger partial charge in [0.05, 0.1) is 23.6 Å². The van der Waals surface area contributed by atoms with Gasteiger partial charge in [-0.2, -0.15) is 0 Å². The van der Waals surface area contributed by atoms with Crippen LogP contribution in [0.25, 0.3) is 11.2 Å². The van der Waals surface area contributed by atoms with Crippen LogP contribution in [0.2, 0.25) is 0 Å². The lowest BCUT2D eigenvalue weighted by Gasteiger charge is -2.43. The highest BCUT2D eigenvalue weighted by Crippen LogP contribution is 2.53. The minimum atomic E-state index is -1.09. The second kappa shape index (κ2) is 10.7. The molecule has 1 aliphatic carbocycles. The van der Waals surface area contributed by atoms with Gasteiger partial charge in [-0.05, 0) is 80.7 Å². The van der Waals surface area contributed by atoms with Gasteiger partial charge in [0.1, 0.15) is 11.6 Å². The lowest BCUT2D eigenvalue weighted by molar-refractivity contribution is -0.0368. The van der Waals surface area contributed by atoms with E-state index in [-0.39, 0.29) is 12.0 Å². The Labute approximate surface area is 254 Å². The molecule has 1 spiro atoms. The highest BCUT2D eigenvalue weighted by Gasteiger charge is 2.49. The maximum absolute atomic E-state index is 14.8. The Morgan fingerprint density at radius 3 is 2.80 bits per heavy atom. The SMILES string of the molecule is O=C(O)N[C@@H]1c2cccc(F)c2CC12CCN(c1cnc3c(N4CCCc5ncccc54)nn(C4CCCCO4)c3n1)CC2. The van der Waals surface area contributed by atoms with E-state index in [1.54, 1.807) is 6.07 Å². The summed E-state index contributed by atoms with van der Waals surface area (Å²) in [6.45, 7) is 2.82. The number of anilines is 3. The van der Waals surface area contributed by atoms with E-state index in [1.165, 1.54) is 6.07 Å². The summed E-state index contributed by atoms with van der Waals surface area (Å²) in [6.07, 6.45) is 9.13. The fourth-order valence-electron chi connectivity index (χ4n) is 7.77. The monoisotopic (exact) mass is 598 g/mol. The van der Waals surface area contributed by atoms with Crippen LogP contribution in [0, 0.1) is 11.2 Å². The van der Waals surface area contributed by atoms with Gasteiger partial charge in [0, 0.05) is 37.9 Å². The molecule has 0 saturated carbocycles. The molecular formula is C32H35FN8O3. The zero-order valence-corrected chi connectivity index (χ0v) is 24.5. The molecule has 2 fully saturated rings. The molecule has 6 heterocycles. The number of pyridine rings is 1. The van der Waals surface area contributed by atoms with Crippen molar-refractivity contribution in [1.29, 1.82) is 0 Å². The Bertz CT molecular complexity index is 1730. The molecule has 44 heavy (non-hydrogen) atoms. The third kappa shape index (κ3) is 4.45. The minimum absolute atomic E-state index is 0.206. The molecule has 2 N–H and O–H groups in total. The third-order valence-corrected chi connectivity index (χ3v) is 9.97. The number of nitrogens with one attached hydrogen (secondary N) is 1. The van der Waals surface area contributed by atoms with E-state index in [1.807, 2.05) is 29.2 Å². The van der Waals surface area contributed by atoms with Crippen LogP contribution in [-0.2, 0) is 17.6 Å². The zero-order valence-electron chi connectivity index (χ0n) is 24.5. The average Bonchev–Trinajstić information content (AvgIpc) is 3.57. The van der Waals surface area contributed by atoms with Crippen molar-refractivity contribution in [1.82, 2.24) is 30.0 Å². The van der Waals surface area contributed by atoms with Crippen LogP contribution in [0.1, 0.15) is 67.6 Å². The van der Waals surface area contributed by atoms with E-state index in [2.05, 4.69) is 26.2 Å². The topological polar surface area (TPSA) is 122 Å². The first-order valence-corrected chi connectivity index (χ1v) is 15.6. The molecule has 1 amide bonds. The summed E-state index contributed by atoms with van der Waals surface area (Å²) in [5.74, 6) is 1.26. The van der Waals surface area contributed by atoms with Crippen LogP contribution in [0.3, 0.4) is 0 Å². The Morgan fingerprint density at radius 2 is 1.98 bits per heavy atom. The first kappa shape index (κ1) is 27.2. The normalized spacial score (nSPS) is 22.7. The number of aryl methyl sites for hydroxylation is 1. The number of piperidine rings is 1.